The van der Waals surface area contributed by atoms with Gasteiger partial charge in [-0.15, -0.1) is 0 Å². The first-order chi connectivity index (χ1) is 13.1. The largest absolute Gasteiger partial charge is 0.465 e. The standard InChI is InChI=1S/C22H15NO4/c1-26-22(25)17-9-5-8-16(12-17)20-11-10-19(27-20)13-18(14-23)21(24)15-6-3-2-4-7-15/h2-13H,1H3/b18-13+. The van der Waals surface area contributed by atoms with Gasteiger partial charge >= 0.3 is 5.97 Å². The minimum atomic E-state index is -0.441. The highest BCUT2D eigenvalue weighted by atomic mass is 16.5. The molecule has 3 rings (SSSR count). The van der Waals surface area contributed by atoms with Crippen molar-refractivity contribution in [3.63, 3.8) is 0 Å². The second-order valence-electron chi connectivity index (χ2n) is 5.64. The zero-order valence-corrected chi connectivity index (χ0v) is 14.5. The Morgan fingerprint density at radius 3 is 2.44 bits per heavy atom. The summed E-state index contributed by atoms with van der Waals surface area (Å²) in [5.74, 6) is 0.0678. The Balaban J connectivity index is 1.89. The number of hydrogen-bond donors (Lipinski definition) is 0. The maximum absolute atomic E-state index is 12.4. The van der Waals surface area contributed by atoms with Crippen molar-refractivity contribution in [2.45, 2.75) is 0 Å². The number of methoxy groups -OCH3 is 1. The number of nitrogens with zero attached hydrogens (tertiary/aromatic N) is 1. The van der Waals surface area contributed by atoms with E-state index < -0.39 is 5.97 Å². The van der Waals surface area contributed by atoms with Crippen molar-refractivity contribution in [1.82, 2.24) is 0 Å². The van der Waals surface area contributed by atoms with Crippen LogP contribution in [-0.2, 0) is 4.74 Å². The Bertz CT molecular complexity index is 1060. The fourth-order valence-corrected chi connectivity index (χ4v) is 2.54. The van der Waals surface area contributed by atoms with E-state index in [0.717, 1.165) is 0 Å². The molecule has 27 heavy (non-hydrogen) atoms. The second kappa shape index (κ2) is 7.98. The maximum Gasteiger partial charge on any atom is 0.337 e. The van der Waals surface area contributed by atoms with Crippen LogP contribution in [0.3, 0.4) is 0 Å². The zero-order chi connectivity index (χ0) is 19.2. The lowest BCUT2D eigenvalue weighted by Gasteiger charge is -2.01. The normalized spacial score (nSPS) is 10.9. The molecule has 0 aliphatic carbocycles. The van der Waals surface area contributed by atoms with Gasteiger partial charge in [-0.2, -0.15) is 5.26 Å². The molecule has 0 aliphatic rings. The first kappa shape index (κ1) is 17.9. The number of furan rings is 1. The topological polar surface area (TPSA) is 80.3 Å². The van der Waals surface area contributed by atoms with Crippen LogP contribution in [0.4, 0.5) is 0 Å². The lowest BCUT2D eigenvalue weighted by atomic mass is 10.0. The molecule has 0 spiro atoms. The van der Waals surface area contributed by atoms with E-state index in [1.807, 2.05) is 6.07 Å². The summed E-state index contributed by atoms with van der Waals surface area (Å²) in [6.07, 6.45) is 1.41. The van der Waals surface area contributed by atoms with Gasteiger partial charge in [-0.05, 0) is 24.3 Å². The Hall–Kier alpha value is -3.91. The summed E-state index contributed by atoms with van der Waals surface area (Å²) in [5.41, 5.74) is 1.50. The molecule has 0 atom stereocenters. The van der Waals surface area contributed by atoms with E-state index in [1.54, 1.807) is 66.7 Å². The number of benzene rings is 2. The smallest absolute Gasteiger partial charge is 0.337 e. The van der Waals surface area contributed by atoms with E-state index in [-0.39, 0.29) is 11.4 Å². The molecule has 5 nitrogen and oxygen atoms in total. The van der Waals surface area contributed by atoms with E-state index in [0.29, 0.717) is 28.2 Å². The molecule has 3 aromatic rings. The Morgan fingerprint density at radius 1 is 1.00 bits per heavy atom. The summed E-state index contributed by atoms with van der Waals surface area (Å²) in [5, 5.41) is 9.34. The molecule has 1 aromatic heterocycles. The van der Waals surface area contributed by atoms with Gasteiger partial charge in [-0.3, -0.25) is 4.79 Å². The van der Waals surface area contributed by atoms with Gasteiger partial charge in [0.05, 0.1) is 12.7 Å². The third-order valence-corrected chi connectivity index (χ3v) is 3.88. The predicted octanol–water partition coefficient (Wildman–Crippen LogP) is 4.52. The molecule has 0 saturated heterocycles. The van der Waals surface area contributed by atoms with E-state index >= 15 is 0 Å². The number of rotatable bonds is 5. The van der Waals surface area contributed by atoms with Crippen LogP contribution < -0.4 is 0 Å². The number of carbonyl (C=O) groups is 2. The maximum atomic E-state index is 12.4. The van der Waals surface area contributed by atoms with Gasteiger partial charge in [0, 0.05) is 17.2 Å². The average Bonchev–Trinajstić information content (AvgIpc) is 3.20. The van der Waals surface area contributed by atoms with Gasteiger partial charge in [0.1, 0.15) is 23.2 Å². The highest BCUT2D eigenvalue weighted by Gasteiger charge is 2.14. The SMILES string of the molecule is COC(=O)c1cccc(-c2ccc(/C=C(\C#N)C(=O)c3ccccc3)o2)c1. The summed E-state index contributed by atoms with van der Waals surface area (Å²) >= 11 is 0. The summed E-state index contributed by atoms with van der Waals surface area (Å²) in [6.45, 7) is 0. The van der Waals surface area contributed by atoms with Crippen molar-refractivity contribution in [2.24, 2.45) is 0 Å². The highest BCUT2D eigenvalue weighted by Crippen LogP contribution is 2.25. The summed E-state index contributed by atoms with van der Waals surface area (Å²) in [4.78, 5) is 24.1. The molecule has 132 valence electrons. The van der Waals surface area contributed by atoms with Crippen molar-refractivity contribution in [1.29, 1.82) is 5.26 Å². The van der Waals surface area contributed by atoms with Gasteiger partial charge in [-0.25, -0.2) is 4.79 Å². The molecule has 0 fully saturated rings. The molecular weight excluding hydrogens is 342 g/mol. The molecule has 0 unspecified atom stereocenters. The molecule has 2 aromatic carbocycles. The van der Waals surface area contributed by atoms with Crippen LogP contribution >= 0.6 is 0 Å². The zero-order valence-electron chi connectivity index (χ0n) is 14.5. The predicted molar refractivity (Wildman–Crippen MR) is 99.8 cm³/mol. The van der Waals surface area contributed by atoms with Gasteiger partial charge in [-0.1, -0.05) is 42.5 Å². The van der Waals surface area contributed by atoms with E-state index in [4.69, 9.17) is 9.15 Å². The molecule has 0 amide bonds. The van der Waals surface area contributed by atoms with Crippen LogP contribution in [0.5, 0.6) is 0 Å². The van der Waals surface area contributed by atoms with Crippen molar-refractivity contribution in [3.8, 4) is 17.4 Å². The van der Waals surface area contributed by atoms with Gasteiger partial charge < -0.3 is 9.15 Å². The van der Waals surface area contributed by atoms with Crippen molar-refractivity contribution >= 4 is 17.8 Å². The van der Waals surface area contributed by atoms with Gasteiger partial charge in [0.2, 0.25) is 5.78 Å². The molecule has 0 aliphatic heterocycles. The fraction of sp³-hybridized carbons (Fsp3) is 0.0455. The van der Waals surface area contributed by atoms with E-state index in [1.165, 1.54) is 13.2 Å². The van der Waals surface area contributed by atoms with Crippen LogP contribution in [-0.4, -0.2) is 18.9 Å². The first-order valence-electron chi connectivity index (χ1n) is 8.12. The van der Waals surface area contributed by atoms with Crippen LogP contribution in [0.25, 0.3) is 17.4 Å². The molecule has 0 N–H and O–H groups in total. The molecular formula is C22H15NO4. The Kier molecular flexibility index (Phi) is 5.29. The van der Waals surface area contributed by atoms with Crippen LogP contribution in [0.15, 0.2) is 76.7 Å². The van der Waals surface area contributed by atoms with Crippen molar-refractivity contribution < 1.29 is 18.7 Å². The van der Waals surface area contributed by atoms with E-state index in [2.05, 4.69) is 0 Å². The summed E-state index contributed by atoms with van der Waals surface area (Å²) in [7, 11) is 1.32. The lowest BCUT2D eigenvalue weighted by molar-refractivity contribution is 0.0600. The number of esters is 1. The van der Waals surface area contributed by atoms with Crippen molar-refractivity contribution in [2.75, 3.05) is 7.11 Å². The van der Waals surface area contributed by atoms with E-state index in [9.17, 15) is 14.9 Å². The Labute approximate surface area is 156 Å². The van der Waals surface area contributed by atoms with Crippen molar-refractivity contribution in [3.05, 3.63) is 89.2 Å². The highest BCUT2D eigenvalue weighted by molar-refractivity contribution is 6.13. The number of ketones is 1. The number of carbonyl (C=O) groups excluding carboxylic acids is 2. The lowest BCUT2D eigenvalue weighted by Crippen LogP contribution is -2.01. The first-order valence-corrected chi connectivity index (χ1v) is 8.12. The summed E-state index contributed by atoms with van der Waals surface area (Å²) < 4.78 is 10.4. The van der Waals surface area contributed by atoms with Gasteiger partial charge in [0.25, 0.3) is 0 Å². The van der Waals surface area contributed by atoms with Gasteiger partial charge in [0.15, 0.2) is 0 Å². The molecule has 0 saturated carbocycles. The summed E-state index contributed by atoms with van der Waals surface area (Å²) in [6, 6.07) is 20.7. The van der Waals surface area contributed by atoms with Crippen LogP contribution in [0.1, 0.15) is 26.5 Å². The second-order valence-corrected chi connectivity index (χ2v) is 5.64. The number of nitriles is 1. The average molecular weight is 357 g/mol. The third kappa shape index (κ3) is 4.02. The molecule has 5 heteroatoms. The fourth-order valence-electron chi connectivity index (χ4n) is 2.54. The monoisotopic (exact) mass is 357 g/mol. The number of ether oxygens (including phenoxy) is 1. The van der Waals surface area contributed by atoms with Crippen LogP contribution in [0.2, 0.25) is 0 Å². The number of hydrogen-bond acceptors (Lipinski definition) is 5. The minimum Gasteiger partial charge on any atom is -0.465 e. The minimum absolute atomic E-state index is 0.0228. The molecule has 0 radical (unpaired) electrons. The van der Waals surface area contributed by atoms with Crippen LogP contribution in [0, 0.1) is 11.3 Å². The number of Topliss-reactive ketones (excluding diaryl/α,β-unsaturated/α-hetero) is 1. The third-order valence-electron chi connectivity index (χ3n) is 3.88. The quantitative estimate of drug-likeness (QED) is 0.290. The Morgan fingerprint density at radius 2 is 1.74 bits per heavy atom. The number of allylic oxidation sites excluding steroid dienone is 1. The molecule has 1 heterocycles. The molecule has 0 bridgehead atoms.